The Morgan fingerprint density at radius 2 is 1.96 bits per heavy atom. The molecule has 1 heterocycles. The lowest BCUT2D eigenvalue weighted by atomic mass is 10.1. The topological polar surface area (TPSA) is 62.3 Å². The Morgan fingerprint density at radius 1 is 1.21 bits per heavy atom. The van der Waals surface area contributed by atoms with Crippen LogP contribution in [0.5, 0.6) is 0 Å². The van der Waals surface area contributed by atoms with E-state index < -0.39 is 0 Å². The SMILES string of the molecule is CCCCN(C)C(=O)c1cncc(C(=O)Nc2cccc(Br)c2)c1. The second-order valence-electron chi connectivity index (χ2n) is 5.51. The standard InChI is InChI=1S/C18H20BrN3O2/c1-3-4-8-22(2)18(24)14-9-13(11-20-12-14)17(23)21-16-7-5-6-15(19)10-16/h5-7,9-12H,3-4,8H2,1-2H3,(H,21,23). The summed E-state index contributed by atoms with van der Waals surface area (Å²) in [5, 5.41) is 2.79. The molecule has 0 unspecified atom stereocenters. The average molecular weight is 390 g/mol. The van der Waals surface area contributed by atoms with Crippen LogP contribution in [0, 0.1) is 0 Å². The predicted molar refractivity (Wildman–Crippen MR) is 98.2 cm³/mol. The molecule has 0 aliphatic carbocycles. The third kappa shape index (κ3) is 4.89. The highest BCUT2D eigenvalue weighted by Gasteiger charge is 2.14. The van der Waals surface area contributed by atoms with Crippen molar-refractivity contribution in [1.82, 2.24) is 9.88 Å². The van der Waals surface area contributed by atoms with Crippen molar-refractivity contribution >= 4 is 33.4 Å². The number of amides is 2. The molecule has 2 aromatic rings. The van der Waals surface area contributed by atoms with Crippen molar-refractivity contribution in [2.45, 2.75) is 19.8 Å². The van der Waals surface area contributed by atoms with Crippen LogP contribution in [0.2, 0.25) is 0 Å². The van der Waals surface area contributed by atoms with Gasteiger partial charge in [0.15, 0.2) is 0 Å². The van der Waals surface area contributed by atoms with Crippen LogP contribution in [-0.2, 0) is 0 Å². The van der Waals surface area contributed by atoms with Gasteiger partial charge in [-0.3, -0.25) is 14.6 Å². The zero-order valence-corrected chi connectivity index (χ0v) is 15.3. The van der Waals surface area contributed by atoms with E-state index in [1.165, 1.54) is 12.4 Å². The van der Waals surface area contributed by atoms with Crippen LogP contribution in [0.25, 0.3) is 0 Å². The zero-order valence-electron chi connectivity index (χ0n) is 13.8. The molecule has 5 nitrogen and oxygen atoms in total. The molecule has 2 amide bonds. The van der Waals surface area contributed by atoms with Crippen LogP contribution in [0.15, 0.2) is 47.2 Å². The van der Waals surface area contributed by atoms with E-state index in [0.29, 0.717) is 23.4 Å². The number of halogens is 1. The van der Waals surface area contributed by atoms with Gasteiger partial charge in [-0.1, -0.05) is 35.3 Å². The van der Waals surface area contributed by atoms with E-state index in [9.17, 15) is 9.59 Å². The van der Waals surface area contributed by atoms with Gasteiger partial charge in [0, 0.05) is 36.1 Å². The van der Waals surface area contributed by atoms with Crippen molar-refractivity contribution in [3.8, 4) is 0 Å². The fourth-order valence-electron chi connectivity index (χ4n) is 2.17. The van der Waals surface area contributed by atoms with Gasteiger partial charge >= 0.3 is 0 Å². The van der Waals surface area contributed by atoms with Crippen molar-refractivity contribution in [2.24, 2.45) is 0 Å². The average Bonchev–Trinajstić information content (AvgIpc) is 2.59. The molecule has 0 atom stereocenters. The number of aromatic nitrogens is 1. The fourth-order valence-corrected chi connectivity index (χ4v) is 2.57. The van der Waals surface area contributed by atoms with Crippen LogP contribution in [0.4, 0.5) is 5.69 Å². The highest BCUT2D eigenvalue weighted by Crippen LogP contribution is 2.17. The summed E-state index contributed by atoms with van der Waals surface area (Å²) in [6, 6.07) is 8.89. The number of hydrogen-bond donors (Lipinski definition) is 1. The lowest BCUT2D eigenvalue weighted by molar-refractivity contribution is 0.0793. The predicted octanol–water partition coefficient (Wildman–Crippen LogP) is 3.97. The minimum Gasteiger partial charge on any atom is -0.342 e. The van der Waals surface area contributed by atoms with E-state index >= 15 is 0 Å². The second kappa shape index (κ2) is 8.59. The summed E-state index contributed by atoms with van der Waals surface area (Å²) in [7, 11) is 1.76. The van der Waals surface area contributed by atoms with Gasteiger partial charge < -0.3 is 10.2 Å². The summed E-state index contributed by atoms with van der Waals surface area (Å²) in [6.07, 6.45) is 4.90. The van der Waals surface area contributed by atoms with E-state index in [4.69, 9.17) is 0 Å². The van der Waals surface area contributed by atoms with Crippen LogP contribution in [-0.4, -0.2) is 35.3 Å². The minimum absolute atomic E-state index is 0.131. The summed E-state index contributed by atoms with van der Waals surface area (Å²) in [4.78, 5) is 30.4. The molecule has 126 valence electrons. The molecule has 0 saturated carbocycles. The Kier molecular flexibility index (Phi) is 6.49. The molecule has 6 heteroatoms. The van der Waals surface area contributed by atoms with Gasteiger partial charge in [-0.25, -0.2) is 0 Å². The highest BCUT2D eigenvalue weighted by atomic mass is 79.9. The normalized spacial score (nSPS) is 10.3. The highest BCUT2D eigenvalue weighted by molar-refractivity contribution is 9.10. The molecule has 24 heavy (non-hydrogen) atoms. The molecule has 0 aliphatic heterocycles. The molecule has 1 aromatic carbocycles. The third-order valence-electron chi connectivity index (χ3n) is 3.52. The first-order valence-electron chi connectivity index (χ1n) is 7.78. The number of rotatable bonds is 6. The van der Waals surface area contributed by atoms with Crippen LogP contribution >= 0.6 is 15.9 Å². The molecule has 0 saturated heterocycles. The Bertz CT molecular complexity index is 734. The Hall–Kier alpha value is -2.21. The van der Waals surface area contributed by atoms with Gasteiger partial charge in [-0.05, 0) is 30.7 Å². The third-order valence-corrected chi connectivity index (χ3v) is 4.02. The van der Waals surface area contributed by atoms with Crippen LogP contribution in [0.1, 0.15) is 40.5 Å². The molecule has 1 N–H and O–H groups in total. The molecule has 1 aromatic heterocycles. The van der Waals surface area contributed by atoms with Gasteiger partial charge in [-0.2, -0.15) is 0 Å². The maximum absolute atomic E-state index is 12.4. The van der Waals surface area contributed by atoms with Crippen LogP contribution < -0.4 is 5.32 Å². The molecular weight excluding hydrogens is 370 g/mol. The Balaban J connectivity index is 2.11. The summed E-state index contributed by atoms with van der Waals surface area (Å²) in [5.74, 6) is -0.431. The van der Waals surface area contributed by atoms with E-state index in [-0.39, 0.29) is 11.8 Å². The number of benzene rings is 1. The van der Waals surface area contributed by atoms with Crippen molar-refractivity contribution in [1.29, 1.82) is 0 Å². The number of pyridine rings is 1. The lowest BCUT2D eigenvalue weighted by Gasteiger charge is -2.16. The first-order valence-corrected chi connectivity index (χ1v) is 8.58. The molecule has 0 radical (unpaired) electrons. The molecule has 0 aliphatic rings. The van der Waals surface area contributed by atoms with E-state index in [1.54, 1.807) is 30.1 Å². The largest absolute Gasteiger partial charge is 0.342 e. The molecule has 0 bridgehead atoms. The number of carbonyl (C=O) groups is 2. The van der Waals surface area contributed by atoms with Crippen molar-refractivity contribution in [3.05, 3.63) is 58.3 Å². The van der Waals surface area contributed by atoms with Gasteiger partial charge in [0.2, 0.25) is 0 Å². The van der Waals surface area contributed by atoms with Gasteiger partial charge in [0.05, 0.1) is 11.1 Å². The van der Waals surface area contributed by atoms with Crippen molar-refractivity contribution in [2.75, 3.05) is 18.9 Å². The summed E-state index contributed by atoms with van der Waals surface area (Å²) in [5.41, 5.74) is 1.44. The summed E-state index contributed by atoms with van der Waals surface area (Å²) < 4.78 is 0.875. The lowest BCUT2D eigenvalue weighted by Crippen LogP contribution is -2.28. The zero-order chi connectivity index (χ0) is 17.5. The van der Waals surface area contributed by atoms with Crippen LogP contribution in [0.3, 0.4) is 0 Å². The van der Waals surface area contributed by atoms with Crippen molar-refractivity contribution in [3.63, 3.8) is 0 Å². The molecule has 2 rings (SSSR count). The number of unbranched alkanes of at least 4 members (excludes halogenated alkanes) is 1. The smallest absolute Gasteiger partial charge is 0.257 e. The van der Waals surface area contributed by atoms with Gasteiger partial charge in [0.1, 0.15) is 0 Å². The number of carbonyl (C=O) groups excluding carboxylic acids is 2. The second-order valence-corrected chi connectivity index (χ2v) is 6.42. The first kappa shape index (κ1) is 18.1. The monoisotopic (exact) mass is 389 g/mol. The minimum atomic E-state index is -0.300. The maximum atomic E-state index is 12.4. The Labute approximate surface area is 150 Å². The number of nitrogens with zero attached hydrogens (tertiary/aromatic N) is 2. The maximum Gasteiger partial charge on any atom is 0.257 e. The number of hydrogen-bond acceptors (Lipinski definition) is 3. The quantitative estimate of drug-likeness (QED) is 0.812. The summed E-state index contributed by atoms with van der Waals surface area (Å²) >= 11 is 3.36. The fraction of sp³-hybridized carbons (Fsp3) is 0.278. The van der Waals surface area contributed by atoms with E-state index in [1.807, 2.05) is 12.1 Å². The number of nitrogens with one attached hydrogen (secondary N) is 1. The van der Waals surface area contributed by atoms with Crippen molar-refractivity contribution < 1.29 is 9.59 Å². The Morgan fingerprint density at radius 3 is 2.67 bits per heavy atom. The molecule has 0 fully saturated rings. The number of anilines is 1. The van der Waals surface area contributed by atoms with E-state index in [2.05, 4.69) is 33.2 Å². The van der Waals surface area contributed by atoms with Gasteiger partial charge in [0.25, 0.3) is 11.8 Å². The van der Waals surface area contributed by atoms with Gasteiger partial charge in [-0.15, -0.1) is 0 Å². The molecular formula is C18H20BrN3O2. The summed E-state index contributed by atoms with van der Waals surface area (Å²) in [6.45, 7) is 2.76. The van der Waals surface area contributed by atoms with E-state index in [0.717, 1.165) is 17.3 Å². The molecule has 0 spiro atoms. The first-order chi connectivity index (χ1) is 11.5.